The van der Waals surface area contributed by atoms with E-state index >= 15 is 0 Å². The highest BCUT2D eigenvalue weighted by atomic mass is 79.9. The maximum Gasteiger partial charge on any atom is 0.257 e. The van der Waals surface area contributed by atoms with E-state index in [1.165, 1.54) is 35.6 Å². The van der Waals surface area contributed by atoms with E-state index in [1.54, 1.807) is 5.38 Å². The summed E-state index contributed by atoms with van der Waals surface area (Å²) in [5.74, 6) is -0.857. The Morgan fingerprint density at radius 3 is 2.61 bits per heavy atom. The molecule has 0 spiro atoms. The van der Waals surface area contributed by atoms with E-state index in [0.717, 1.165) is 21.4 Å². The first-order valence-electron chi connectivity index (χ1n) is 8.48. The fourth-order valence-electron chi connectivity index (χ4n) is 2.47. The van der Waals surface area contributed by atoms with Gasteiger partial charge in [-0.2, -0.15) is 0 Å². The molecule has 0 aliphatic carbocycles. The van der Waals surface area contributed by atoms with Crippen molar-refractivity contribution in [3.05, 3.63) is 75.0 Å². The fraction of sp³-hybridized carbons (Fsp3) is 0.150. The smallest absolute Gasteiger partial charge is 0.257 e. The molecule has 2 amide bonds. The molecule has 28 heavy (non-hydrogen) atoms. The number of thiazole rings is 1. The lowest BCUT2D eigenvalue weighted by atomic mass is 10.2. The van der Waals surface area contributed by atoms with Crippen molar-refractivity contribution in [2.24, 2.45) is 0 Å². The average molecular weight is 462 g/mol. The molecule has 2 N–H and O–H groups in total. The average Bonchev–Trinajstić information content (AvgIpc) is 3.10. The Morgan fingerprint density at radius 1 is 1.14 bits per heavy atom. The lowest BCUT2D eigenvalue weighted by Crippen LogP contribution is -2.13. The molecule has 0 unspecified atom stereocenters. The van der Waals surface area contributed by atoms with Crippen molar-refractivity contribution in [1.82, 2.24) is 4.98 Å². The first-order chi connectivity index (χ1) is 13.4. The number of benzene rings is 2. The van der Waals surface area contributed by atoms with E-state index < -0.39 is 5.82 Å². The Kier molecular flexibility index (Phi) is 6.53. The van der Waals surface area contributed by atoms with Gasteiger partial charge in [0.15, 0.2) is 5.13 Å². The number of amides is 2. The van der Waals surface area contributed by atoms with Gasteiger partial charge >= 0.3 is 0 Å². The number of rotatable bonds is 6. The first kappa shape index (κ1) is 20.2. The summed E-state index contributed by atoms with van der Waals surface area (Å²) in [7, 11) is 0. The number of nitrogens with one attached hydrogen (secondary N) is 2. The van der Waals surface area contributed by atoms with Crippen molar-refractivity contribution in [1.29, 1.82) is 0 Å². The summed E-state index contributed by atoms with van der Waals surface area (Å²) in [5.41, 5.74) is 2.82. The minimum atomic E-state index is -0.398. The Hall–Kier alpha value is -2.58. The van der Waals surface area contributed by atoms with Gasteiger partial charge in [-0.05, 0) is 61.4 Å². The second-order valence-electron chi connectivity index (χ2n) is 6.11. The van der Waals surface area contributed by atoms with Crippen LogP contribution in [0.2, 0.25) is 0 Å². The molecular formula is C20H17BrFN3O2S. The number of carbonyl (C=O) groups excluding carboxylic acids is 2. The van der Waals surface area contributed by atoms with Crippen molar-refractivity contribution in [2.75, 3.05) is 10.6 Å². The number of halogens is 2. The third-order valence-electron chi connectivity index (χ3n) is 3.95. The maximum absolute atomic E-state index is 12.9. The molecule has 0 saturated carbocycles. The van der Waals surface area contributed by atoms with Crippen LogP contribution in [0, 0.1) is 12.7 Å². The molecule has 0 atom stereocenters. The molecule has 3 rings (SSSR count). The number of nitrogens with zero attached hydrogens (tertiary/aromatic N) is 1. The summed E-state index contributed by atoms with van der Waals surface area (Å²) in [6.45, 7) is 1.93. The maximum atomic E-state index is 12.9. The number of carbonyl (C=O) groups is 2. The highest BCUT2D eigenvalue weighted by molar-refractivity contribution is 9.10. The quantitative estimate of drug-likeness (QED) is 0.531. The number of aromatic nitrogens is 1. The first-order valence-corrected chi connectivity index (χ1v) is 10.2. The zero-order valence-corrected chi connectivity index (χ0v) is 17.4. The summed E-state index contributed by atoms with van der Waals surface area (Å²) >= 11 is 4.68. The van der Waals surface area contributed by atoms with Crippen LogP contribution < -0.4 is 10.6 Å². The van der Waals surface area contributed by atoms with E-state index in [1.807, 2.05) is 25.1 Å². The van der Waals surface area contributed by atoms with Crippen LogP contribution in [0.1, 0.15) is 28.0 Å². The minimum Gasteiger partial charge on any atom is -0.326 e. The van der Waals surface area contributed by atoms with Gasteiger partial charge in [-0.1, -0.05) is 15.9 Å². The molecule has 5 nitrogen and oxygen atoms in total. The topological polar surface area (TPSA) is 71.1 Å². The summed E-state index contributed by atoms with van der Waals surface area (Å²) in [4.78, 5) is 28.6. The van der Waals surface area contributed by atoms with Gasteiger partial charge in [0.2, 0.25) is 5.91 Å². The molecule has 0 aliphatic heterocycles. The second-order valence-corrected chi connectivity index (χ2v) is 7.89. The van der Waals surface area contributed by atoms with Crippen LogP contribution in [0.4, 0.5) is 15.2 Å². The molecule has 3 aromatic rings. The van der Waals surface area contributed by atoms with Gasteiger partial charge in [0.25, 0.3) is 5.91 Å². The molecule has 1 heterocycles. The van der Waals surface area contributed by atoms with Gasteiger partial charge in [-0.25, -0.2) is 9.37 Å². The summed E-state index contributed by atoms with van der Waals surface area (Å²) in [6, 6.07) is 10.9. The third kappa shape index (κ3) is 5.46. The molecule has 0 radical (unpaired) electrons. The molecule has 0 saturated heterocycles. The van der Waals surface area contributed by atoms with Gasteiger partial charge in [0.05, 0.1) is 5.69 Å². The molecule has 144 valence electrons. The predicted molar refractivity (Wildman–Crippen MR) is 112 cm³/mol. The van der Waals surface area contributed by atoms with Crippen LogP contribution in [0.15, 0.2) is 52.3 Å². The second kappa shape index (κ2) is 9.07. The van der Waals surface area contributed by atoms with Crippen molar-refractivity contribution >= 4 is 49.9 Å². The van der Waals surface area contributed by atoms with Crippen LogP contribution in [0.25, 0.3) is 0 Å². The van der Waals surface area contributed by atoms with Gasteiger partial charge < -0.3 is 5.32 Å². The number of hydrogen-bond acceptors (Lipinski definition) is 4. The molecule has 0 aliphatic rings. The summed E-state index contributed by atoms with van der Waals surface area (Å²) in [5, 5.41) is 7.81. The van der Waals surface area contributed by atoms with E-state index in [4.69, 9.17) is 0 Å². The Balaban J connectivity index is 1.52. The van der Waals surface area contributed by atoms with Gasteiger partial charge in [0.1, 0.15) is 5.82 Å². The van der Waals surface area contributed by atoms with Crippen LogP contribution in [-0.2, 0) is 11.2 Å². The Bertz CT molecular complexity index is 1000. The summed E-state index contributed by atoms with van der Waals surface area (Å²) in [6.07, 6.45) is 0.745. The van der Waals surface area contributed by atoms with Crippen molar-refractivity contribution in [3.8, 4) is 0 Å². The Morgan fingerprint density at radius 2 is 1.89 bits per heavy atom. The molecule has 8 heteroatoms. The van der Waals surface area contributed by atoms with E-state index in [2.05, 4.69) is 31.5 Å². The van der Waals surface area contributed by atoms with Gasteiger partial charge in [-0.3, -0.25) is 14.9 Å². The molecule has 0 bridgehead atoms. The van der Waals surface area contributed by atoms with E-state index in [-0.39, 0.29) is 18.2 Å². The van der Waals surface area contributed by atoms with E-state index in [9.17, 15) is 14.0 Å². The highest BCUT2D eigenvalue weighted by Gasteiger charge is 2.11. The lowest BCUT2D eigenvalue weighted by molar-refractivity contribution is -0.116. The number of aryl methyl sites for hydroxylation is 2. The normalized spacial score (nSPS) is 10.5. The largest absolute Gasteiger partial charge is 0.326 e. The number of anilines is 2. The Labute approximate surface area is 174 Å². The van der Waals surface area contributed by atoms with Crippen LogP contribution in [0.5, 0.6) is 0 Å². The van der Waals surface area contributed by atoms with Crippen LogP contribution in [-0.4, -0.2) is 16.8 Å². The molecule has 0 fully saturated rings. The van der Waals surface area contributed by atoms with Gasteiger partial charge in [0, 0.05) is 27.5 Å². The zero-order valence-electron chi connectivity index (χ0n) is 15.0. The van der Waals surface area contributed by atoms with Gasteiger partial charge in [-0.15, -0.1) is 11.3 Å². The lowest BCUT2D eigenvalue weighted by Gasteiger charge is -2.08. The SMILES string of the molecule is Cc1cc(Br)ccc1NC(=O)CCc1csc(NC(=O)c2ccc(F)cc2)n1. The predicted octanol–water partition coefficient (Wildman–Crippen LogP) is 5.18. The zero-order chi connectivity index (χ0) is 20.1. The summed E-state index contributed by atoms with van der Waals surface area (Å²) < 4.78 is 13.9. The fourth-order valence-corrected chi connectivity index (χ4v) is 3.69. The highest BCUT2D eigenvalue weighted by Crippen LogP contribution is 2.21. The minimum absolute atomic E-state index is 0.102. The van der Waals surface area contributed by atoms with Crippen LogP contribution in [0.3, 0.4) is 0 Å². The van der Waals surface area contributed by atoms with Crippen molar-refractivity contribution in [2.45, 2.75) is 19.8 Å². The van der Waals surface area contributed by atoms with Crippen molar-refractivity contribution in [3.63, 3.8) is 0 Å². The number of hydrogen-bond donors (Lipinski definition) is 2. The molecule has 2 aromatic carbocycles. The van der Waals surface area contributed by atoms with Crippen molar-refractivity contribution < 1.29 is 14.0 Å². The monoisotopic (exact) mass is 461 g/mol. The van der Waals surface area contributed by atoms with E-state index in [0.29, 0.717) is 17.1 Å². The standard InChI is InChI=1S/C20H17BrFN3O2S/c1-12-10-14(21)4-8-17(12)24-18(26)9-7-16-11-28-20(23-16)25-19(27)13-2-5-15(22)6-3-13/h2-6,8,10-11H,7,9H2,1H3,(H,24,26)(H,23,25,27). The third-order valence-corrected chi connectivity index (χ3v) is 5.25. The molecule has 1 aromatic heterocycles. The van der Waals surface area contributed by atoms with Crippen LogP contribution >= 0.6 is 27.3 Å². The molecular weight excluding hydrogens is 445 g/mol.